The second-order valence-corrected chi connectivity index (χ2v) is 7.94. The van der Waals surface area contributed by atoms with Crippen molar-refractivity contribution in [1.82, 2.24) is 9.97 Å². The summed E-state index contributed by atoms with van der Waals surface area (Å²) < 4.78 is 0. The molecule has 1 aliphatic carbocycles. The first-order chi connectivity index (χ1) is 15.5. The number of aliphatic carboxylic acids is 1. The second-order valence-electron chi connectivity index (χ2n) is 7.94. The molecular formula is C25H23N3O4. The second kappa shape index (κ2) is 9.51. The van der Waals surface area contributed by atoms with Crippen LogP contribution in [0.5, 0.6) is 0 Å². The van der Waals surface area contributed by atoms with E-state index in [4.69, 9.17) is 0 Å². The summed E-state index contributed by atoms with van der Waals surface area (Å²) in [5.41, 5.74) is 3.55. The molecule has 3 aromatic rings. The summed E-state index contributed by atoms with van der Waals surface area (Å²) in [7, 11) is 0. The molecule has 2 N–H and O–H groups in total. The minimum atomic E-state index is -0.912. The Morgan fingerprint density at radius 2 is 1.69 bits per heavy atom. The predicted molar refractivity (Wildman–Crippen MR) is 119 cm³/mol. The van der Waals surface area contributed by atoms with Gasteiger partial charge in [-0.15, -0.1) is 0 Å². The molecule has 0 aliphatic heterocycles. The average Bonchev–Trinajstić information content (AvgIpc) is 3.30. The molecule has 1 saturated carbocycles. The largest absolute Gasteiger partial charge is 0.481 e. The van der Waals surface area contributed by atoms with Crippen LogP contribution in [0.3, 0.4) is 0 Å². The Morgan fingerprint density at radius 1 is 0.938 bits per heavy atom. The van der Waals surface area contributed by atoms with Gasteiger partial charge in [-0.25, -0.2) is 0 Å². The monoisotopic (exact) mass is 429 g/mol. The van der Waals surface area contributed by atoms with E-state index in [9.17, 15) is 19.5 Å². The Balaban J connectivity index is 1.39. The Kier molecular flexibility index (Phi) is 6.35. The number of anilines is 1. The lowest BCUT2D eigenvalue weighted by molar-refractivity contribution is -0.142. The zero-order valence-electron chi connectivity index (χ0n) is 17.4. The first-order valence-electron chi connectivity index (χ1n) is 10.5. The van der Waals surface area contributed by atoms with Crippen molar-refractivity contribution in [2.75, 3.05) is 5.32 Å². The van der Waals surface area contributed by atoms with Gasteiger partial charge in [0.05, 0.1) is 12.3 Å². The predicted octanol–water partition coefficient (Wildman–Crippen LogP) is 4.01. The van der Waals surface area contributed by atoms with Crippen LogP contribution in [-0.4, -0.2) is 32.7 Å². The van der Waals surface area contributed by atoms with E-state index >= 15 is 0 Å². The van der Waals surface area contributed by atoms with Crippen LogP contribution in [0.4, 0.5) is 5.69 Å². The third kappa shape index (κ3) is 4.88. The van der Waals surface area contributed by atoms with E-state index < -0.39 is 17.8 Å². The Hall–Kier alpha value is -3.87. The molecule has 1 amide bonds. The number of nitrogens with one attached hydrogen (secondary N) is 1. The van der Waals surface area contributed by atoms with E-state index in [-0.39, 0.29) is 18.1 Å². The van der Waals surface area contributed by atoms with Crippen LogP contribution in [-0.2, 0) is 16.0 Å². The molecule has 0 saturated heterocycles. The molecule has 7 nitrogen and oxygen atoms in total. The van der Waals surface area contributed by atoms with Crippen LogP contribution in [0.25, 0.3) is 11.1 Å². The molecule has 1 aromatic carbocycles. The standard InChI is InChI=1S/C25H23N3O4/c29-23(13-16-3-2-12-26-14-16)28-19-9-6-17(7-10-19)18-8-11-22(27-15-18)24(30)20-4-1-5-21(20)25(31)32/h2-3,6-12,14-15,20-21H,1,4-5,13H2,(H,28,29)(H,31,32)/t20-,21-/m0/s1. The number of rotatable bonds is 7. The molecule has 0 bridgehead atoms. The highest BCUT2D eigenvalue weighted by molar-refractivity contribution is 5.99. The number of benzene rings is 1. The van der Waals surface area contributed by atoms with E-state index in [0.717, 1.165) is 23.1 Å². The van der Waals surface area contributed by atoms with Crippen LogP contribution in [0, 0.1) is 11.8 Å². The molecule has 0 spiro atoms. The first-order valence-corrected chi connectivity index (χ1v) is 10.5. The quantitative estimate of drug-likeness (QED) is 0.549. The van der Waals surface area contributed by atoms with Crippen LogP contribution in [0.15, 0.2) is 67.1 Å². The van der Waals surface area contributed by atoms with Gasteiger partial charge in [0.25, 0.3) is 0 Å². The summed E-state index contributed by atoms with van der Waals surface area (Å²) in [4.78, 5) is 44.6. The molecule has 32 heavy (non-hydrogen) atoms. The van der Waals surface area contributed by atoms with E-state index in [2.05, 4.69) is 15.3 Å². The van der Waals surface area contributed by atoms with Crippen molar-refractivity contribution in [2.24, 2.45) is 11.8 Å². The molecular weight excluding hydrogens is 406 g/mol. The molecule has 4 rings (SSSR count). The van der Waals surface area contributed by atoms with Gasteiger partial charge >= 0.3 is 5.97 Å². The summed E-state index contributed by atoms with van der Waals surface area (Å²) in [6.07, 6.45) is 7.07. The smallest absolute Gasteiger partial charge is 0.307 e. The van der Waals surface area contributed by atoms with Crippen LogP contribution < -0.4 is 5.32 Å². The normalized spacial score (nSPS) is 17.6. The van der Waals surface area contributed by atoms with Crippen molar-refractivity contribution in [3.63, 3.8) is 0 Å². The number of carboxylic acid groups (broad SMARTS) is 1. The number of amides is 1. The number of aromatic nitrogens is 2. The molecule has 1 fully saturated rings. The topological polar surface area (TPSA) is 109 Å². The maximum absolute atomic E-state index is 12.7. The minimum Gasteiger partial charge on any atom is -0.481 e. The fraction of sp³-hybridized carbons (Fsp3) is 0.240. The van der Waals surface area contributed by atoms with Gasteiger partial charge in [0.2, 0.25) is 5.91 Å². The van der Waals surface area contributed by atoms with Gasteiger partial charge < -0.3 is 10.4 Å². The Labute approximate surface area is 185 Å². The highest BCUT2D eigenvalue weighted by Gasteiger charge is 2.38. The zero-order valence-corrected chi connectivity index (χ0v) is 17.4. The van der Waals surface area contributed by atoms with Crippen molar-refractivity contribution < 1.29 is 19.5 Å². The number of pyridine rings is 2. The summed E-state index contributed by atoms with van der Waals surface area (Å²) >= 11 is 0. The molecule has 2 aromatic heterocycles. The van der Waals surface area contributed by atoms with Gasteiger partial charge in [-0.2, -0.15) is 0 Å². The SMILES string of the molecule is O=C(Cc1cccnc1)Nc1ccc(-c2ccc(C(=O)[C@H]3CCC[C@@H]3C(=O)O)nc2)cc1. The number of carboxylic acids is 1. The number of Topliss-reactive ketones (excluding diaryl/α,β-unsaturated/α-hetero) is 1. The highest BCUT2D eigenvalue weighted by atomic mass is 16.4. The van der Waals surface area contributed by atoms with Crippen molar-refractivity contribution in [2.45, 2.75) is 25.7 Å². The lowest BCUT2D eigenvalue weighted by Gasteiger charge is -2.14. The molecule has 0 unspecified atom stereocenters. The van der Waals surface area contributed by atoms with Crippen molar-refractivity contribution >= 4 is 23.3 Å². The summed E-state index contributed by atoms with van der Waals surface area (Å²) in [6.45, 7) is 0. The maximum atomic E-state index is 12.7. The van der Waals surface area contributed by atoms with Crippen LogP contribution in [0.2, 0.25) is 0 Å². The number of carbonyl (C=O) groups excluding carboxylic acids is 2. The first kappa shape index (κ1) is 21.4. The minimum absolute atomic E-state index is 0.123. The van der Waals surface area contributed by atoms with Gasteiger partial charge in [0.15, 0.2) is 5.78 Å². The maximum Gasteiger partial charge on any atom is 0.307 e. The van der Waals surface area contributed by atoms with E-state index in [1.54, 1.807) is 36.8 Å². The molecule has 0 radical (unpaired) electrons. The van der Waals surface area contributed by atoms with E-state index in [0.29, 0.717) is 24.2 Å². The molecule has 1 aliphatic rings. The molecule has 2 atom stereocenters. The van der Waals surface area contributed by atoms with E-state index in [1.807, 2.05) is 30.3 Å². The van der Waals surface area contributed by atoms with Crippen molar-refractivity contribution in [1.29, 1.82) is 0 Å². The van der Waals surface area contributed by atoms with Gasteiger partial charge in [-0.05, 0) is 48.2 Å². The number of ketones is 1. The summed E-state index contributed by atoms with van der Waals surface area (Å²) in [6, 6.07) is 14.5. The lowest BCUT2D eigenvalue weighted by atomic mass is 9.90. The molecule has 7 heteroatoms. The molecule has 162 valence electrons. The fourth-order valence-electron chi connectivity index (χ4n) is 4.11. The number of hydrogen-bond acceptors (Lipinski definition) is 5. The van der Waals surface area contributed by atoms with Gasteiger partial charge in [0, 0.05) is 35.8 Å². The van der Waals surface area contributed by atoms with Gasteiger partial charge in [0.1, 0.15) is 5.69 Å². The number of hydrogen-bond donors (Lipinski definition) is 2. The Morgan fingerprint density at radius 3 is 2.34 bits per heavy atom. The fourth-order valence-corrected chi connectivity index (χ4v) is 4.11. The van der Waals surface area contributed by atoms with Crippen molar-refractivity contribution in [3.05, 3.63) is 78.4 Å². The van der Waals surface area contributed by atoms with Crippen LogP contribution >= 0.6 is 0 Å². The van der Waals surface area contributed by atoms with E-state index in [1.165, 1.54) is 0 Å². The Bertz CT molecular complexity index is 1110. The number of carbonyl (C=O) groups is 3. The third-order valence-electron chi connectivity index (χ3n) is 5.78. The third-order valence-corrected chi connectivity index (χ3v) is 5.78. The van der Waals surface area contributed by atoms with Gasteiger partial charge in [-0.3, -0.25) is 24.4 Å². The highest BCUT2D eigenvalue weighted by Crippen LogP contribution is 2.34. The van der Waals surface area contributed by atoms with Crippen LogP contribution in [0.1, 0.15) is 35.3 Å². The number of nitrogens with zero attached hydrogens (tertiary/aromatic N) is 2. The summed E-state index contributed by atoms with van der Waals surface area (Å²) in [5, 5.41) is 12.2. The van der Waals surface area contributed by atoms with Gasteiger partial charge in [-0.1, -0.05) is 30.7 Å². The molecule has 2 heterocycles. The zero-order chi connectivity index (χ0) is 22.5. The lowest BCUT2D eigenvalue weighted by Crippen LogP contribution is -2.25. The van der Waals surface area contributed by atoms with Crippen molar-refractivity contribution in [3.8, 4) is 11.1 Å². The average molecular weight is 429 g/mol. The summed E-state index contributed by atoms with van der Waals surface area (Å²) in [5.74, 6) is -2.36.